The van der Waals surface area contributed by atoms with Crippen LogP contribution in [-0.4, -0.2) is 63.4 Å². The molecular formula is C22H32N2O5S. The van der Waals surface area contributed by atoms with Crippen LogP contribution in [0.15, 0.2) is 24.3 Å². The fourth-order valence-corrected chi connectivity index (χ4v) is 6.04. The van der Waals surface area contributed by atoms with E-state index in [0.29, 0.717) is 19.1 Å². The Labute approximate surface area is 179 Å². The molecule has 8 heteroatoms. The lowest BCUT2D eigenvalue weighted by atomic mass is 9.82. The Kier molecular flexibility index (Phi) is 6.36. The Morgan fingerprint density at radius 3 is 2.57 bits per heavy atom. The number of carbonyl (C=O) groups excluding carboxylic acids is 1. The van der Waals surface area contributed by atoms with Crippen molar-refractivity contribution in [3.63, 3.8) is 0 Å². The van der Waals surface area contributed by atoms with Crippen LogP contribution in [-0.2, 0) is 19.6 Å². The number of piperidine rings is 1. The summed E-state index contributed by atoms with van der Waals surface area (Å²) in [6.45, 7) is 2.90. The van der Waals surface area contributed by atoms with Crippen molar-refractivity contribution >= 4 is 15.9 Å². The number of amides is 1. The molecule has 0 radical (unpaired) electrons. The van der Waals surface area contributed by atoms with E-state index in [4.69, 9.17) is 9.47 Å². The topological polar surface area (TPSA) is 84.9 Å². The van der Waals surface area contributed by atoms with Gasteiger partial charge in [0.05, 0.1) is 25.0 Å². The molecule has 3 aliphatic heterocycles. The van der Waals surface area contributed by atoms with Gasteiger partial charge in [0.2, 0.25) is 10.0 Å². The smallest absolute Gasteiger partial charge is 0.260 e. The quantitative estimate of drug-likeness (QED) is 0.769. The van der Waals surface area contributed by atoms with E-state index in [1.165, 1.54) is 11.8 Å². The minimum Gasteiger partial charge on any atom is -0.483 e. The summed E-state index contributed by atoms with van der Waals surface area (Å²) < 4.78 is 39.1. The third kappa shape index (κ3) is 4.81. The van der Waals surface area contributed by atoms with Crippen LogP contribution in [0, 0.1) is 5.92 Å². The van der Waals surface area contributed by atoms with Gasteiger partial charge in [0, 0.05) is 12.6 Å². The number of ether oxygens (including phenoxy) is 2. The molecule has 0 unspecified atom stereocenters. The molecule has 30 heavy (non-hydrogen) atoms. The number of benzene rings is 1. The van der Waals surface area contributed by atoms with Gasteiger partial charge in [-0.2, -0.15) is 0 Å². The standard InChI is InChI=1S/C22H32N2O5S/c1-15-11-12-24-19(22(15)23-30(2,26)27)13-28-17-9-7-16(8-10-17)18-5-3-4-6-20(18)29-14-21(24)25/h3-6,15-17,19,22-23H,7-14H2,1-2H3/t15-,16?,17?,19+,22+/m1/s1. The molecule has 3 atom stereocenters. The molecule has 1 amide bonds. The minimum absolute atomic E-state index is 0.0519. The minimum atomic E-state index is -3.41. The van der Waals surface area contributed by atoms with Gasteiger partial charge in [-0.15, -0.1) is 0 Å². The Bertz CT molecular complexity index is 866. The number of para-hydroxylation sites is 1. The third-order valence-corrected chi connectivity index (χ3v) is 7.51. The zero-order valence-electron chi connectivity index (χ0n) is 17.7. The largest absolute Gasteiger partial charge is 0.483 e. The van der Waals surface area contributed by atoms with E-state index in [2.05, 4.69) is 10.8 Å². The van der Waals surface area contributed by atoms with Crippen molar-refractivity contribution in [3.05, 3.63) is 29.8 Å². The van der Waals surface area contributed by atoms with Gasteiger partial charge in [-0.1, -0.05) is 25.1 Å². The van der Waals surface area contributed by atoms with Gasteiger partial charge in [-0.25, -0.2) is 13.1 Å². The van der Waals surface area contributed by atoms with E-state index < -0.39 is 10.0 Å². The first-order chi connectivity index (χ1) is 14.3. The van der Waals surface area contributed by atoms with Crippen LogP contribution >= 0.6 is 0 Å². The fourth-order valence-electron chi connectivity index (χ4n) is 5.15. The predicted molar refractivity (Wildman–Crippen MR) is 114 cm³/mol. The van der Waals surface area contributed by atoms with Gasteiger partial charge in [-0.05, 0) is 55.6 Å². The van der Waals surface area contributed by atoms with Gasteiger partial charge < -0.3 is 14.4 Å². The zero-order valence-corrected chi connectivity index (χ0v) is 18.6. The summed E-state index contributed by atoms with van der Waals surface area (Å²) >= 11 is 0. The number of carbonyl (C=O) groups is 1. The van der Waals surface area contributed by atoms with Gasteiger partial charge in [0.15, 0.2) is 6.61 Å². The zero-order chi connectivity index (χ0) is 21.3. The molecule has 0 aromatic heterocycles. The van der Waals surface area contributed by atoms with Crippen molar-refractivity contribution in [3.8, 4) is 5.75 Å². The number of fused-ring (bicyclic) bond motifs is 5. The molecule has 7 nitrogen and oxygen atoms in total. The predicted octanol–water partition coefficient (Wildman–Crippen LogP) is 2.28. The summed E-state index contributed by atoms with van der Waals surface area (Å²) in [6.07, 6.45) is 6.00. The maximum absolute atomic E-state index is 13.1. The summed E-state index contributed by atoms with van der Waals surface area (Å²) in [7, 11) is -3.41. The first kappa shape index (κ1) is 21.6. The molecule has 1 saturated carbocycles. The van der Waals surface area contributed by atoms with Crippen LogP contribution in [0.2, 0.25) is 0 Å². The summed E-state index contributed by atoms with van der Waals surface area (Å²) in [5.41, 5.74) is 1.17. The Hall–Kier alpha value is -1.64. The van der Waals surface area contributed by atoms with Crippen molar-refractivity contribution in [1.82, 2.24) is 9.62 Å². The molecule has 1 aromatic carbocycles. The van der Waals surface area contributed by atoms with E-state index in [1.807, 2.05) is 25.1 Å². The highest BCUT2D eigenvalue weighted by atomic mass is 32.2. The van der Waals surface area contributed by atoms with E-state index in [1.54, 1.807) is 4.90 Å². The monoisotopic (exact) mass is 436 g/mol. The van der Waals surface area contributed by atoms with Gasteiger partial charge in [0.25, 0.3) is 5.91 Å². The first-order valence-electron chi connectivity index (χ1n) is 10.9. The lowest BCUT2D eigenvalue weighted by molar-refractivity contribution is -0.141. The summed E-state index contributed by atoms with van der Waals surface area (Å²) in [4.78, 5) is 14.9. The van der Waals surface area contributed by atoms with Crippen molar-refractivity contribution in [2.75, 3.05) is 26.0 Å². The van der Waals surface area contributed by atoms with Crippen LogP contribution < -0.4 is 9.46 Å². The van der Waals surface area contributed by atoms with Crippen molar-refractivity contribution < 1.29 is 22.7 Å². The number of hydrogen-bond donors (Lipinski definition) is 1. The maximum Gasteiger partial charge on any atom is 0.260 e. The van der Waals surface area contributed by atoms with Crippen LogP contribution in [0.4, 0.5) is 0 Å². The third-order valence-electron chi connectivity index (χ3n) is 6.81. The molecule has 2 fully saturated rings. The second kappa shape index (κ2) is 8.85. The van der Waals surface area contributed by atoms with Gasteiger partial charge in [-0.3, -0.25) is 4.79 Å². The number of hydrogen-bond acceptors (Lipinski definition) is 5. The maximum atomic E-state index is 13.1. The average Bonchev–Trinajstić information content (AvgIpc) is 2.73. The average molecular weight is 437 g/mol. The molecule has 4 aliphatic rings. The molecule has 1 aliphatic carbocycles. The van der Waals surface area contributed by atoms with Crippen molar-refractivity contribution in [2.45, 2.75) is 63.1 Å². The van der Waals surface area contributed by atoms with Crippen LogP contribution in [0.25, 0.3) is 0 Å². The molecule has 3 heterocycles. The highest BCUT2D eigenvalue weighted by molar-refractivity contribution is 7.88. The number of nitrogens with one attached hydrogen (secondary N) is 1. The first-order valence-corrected chi connectivity index (χ1v) is 12.8. The van der Waals surface area contributed by atoms with E-state index in [-0.39, 0.29) is 36.6 Å². The Balaban J connectivity index is 1.63. The molecule has 2 bridgehead atoms. The fraction of sp³-hybridized carbons (Fsp3) is 0.682. The molecule has 1 saturated heterocycles. The lowest BCUT2D eigenvalue weighted by Gasteiger charge is -2.44. The highest BCUT2D eigenvalue weighted by Crippen LogP contribution is 2.39. The molecule has 1 aromatic rings. The van der Waals surface area contributed by atoms with E-state index in [9.17, 15) is 13.2 Å². The number of nitrogens with zero attached hydrogens (tertiary/aromatic N) is 1. The normalized spacial score (nSPS) is 32.8. The van der Waals surface area contributed by atoms with Gasteiger partial charge in [0.1, 0.15) is 5.75 Å². The van der Waals surface area contributed by atoms with Crippen molar-refractivity contribution in [2.24, 2.45) is 5.92 Å². The highest BCUT2D eigenvalue weighted by Gasteiger charge is 2.41. The Morgan fingerprint density at radius 2 is 1.83 bits per heavy atom. The summed E-state index contributed by atoms with van der Waals surface area (Å²) in [6, 6.07) is 7.29. The second-order valence-corrected chi connectivity index (χ2v) is 10.7. The summed E-state index contributed by atoms with van der Waals surface area (Å²) in [5.74, 6) is 1.18. The number of rotatable bonds is 2. The Morgan fingerprint density at radius 1 is 1.10 bits per heavy atom. The molecule has 5 rings (SSSR count). The van der Waals surface area contributed by atoms with Gasteiger partial charge >= 0.3 is 0 Å². The van der Waals surface area contributed by atoms with Crippen LogP contribution in [0.5, 0.6) is 5.75 Å². The molecule has 0 spiro atoms. The molecule has 166 valence electrons. The lowest BCUT2D eigenvalue weighted by Crippen LogP contribution is -2.62. The molecule has 1 N–H and O–H groups in total. The second-order valence-electron chi connectivity index (χ2n) is 8.97. The van der Waals surface area contributed by atoms with Crippen LogP contribution in [0.1, 0.15) is 50.5 Å². The molecular weight excluding hydrogens is 404 g/mol. The van der Waals surface area contributed by atoms with Crippen molar-refractivity contribution in [1.29, 1.82) is 0 Å². The van der Waals surface area contributed by atoms with E-state index >= 15 is 0 Å². The summed E-state index contributed by atoms with van der Waals surface area (Å²) in [5, 5.41) is 0. The SMILES string of the molecule is C[C@@H]1CCN2C(=O)COc3ccccc3C3CCC(CC3)OC[C@H]2[C@H]1NS(C)(=O)=O. The number of sulfonamides is 1. The van der Waals surface area contributed by atoms with E-state index in [0.717, 1.165) is 37.9 Å². The van der Waals surface area contributed by atoms with Crippen LogP contribution in [0.3, 0.4) is 0 Å².